The van der Waals surface area contributed by atoms with E-state index in [0.717, 1.165) is 44.5 Å². The Morgan fingerprint density at radius 3 is 2.74 bits per heavy atom. The highest BCUT2D eigenvalue weighted by molar-refractivity contribution is 6.02. The molecule has 1 aliphatic carbocycles. The molecule has 3 aromatic rings. The third kappa shape index (κ3) is 5.40. The minimum absolute atomic E-state index is 0.0603. The van der Waals surface area contributed by atoms with Crippen LogP contribution in [0.5, 0.6) is 17.2 Å². The molecule has 5 rings (SSSR count). The second-order valence-corrected chi connectivity index (χ2v) is 9.26. The molecule has 1 atom stereocenters. The van der Waals surface area contributed by atoms with Crippen molar-refractivity contribution < 1.29 is 27.8 Å². The van der Waals surface area contributed by atoms with Crippen LogP contribution >= 0.6 is 0 Å². The maximum absolute atomic E-state index is 13.2. The van der Waals surface area contributed by atoms with Crippen molar-refractivity contribution in [1.82, 2.24) is 14.7 Å². The van der Waals surface area contributed by atoms with E-state index < -0.39 is 6.61 Å². The van der Waals surface area contributed by atoms with Gasteiger partial charge in [0, 0.05) is 36.7 Å². The van der Waals surface area contributed by atoms with Gasteiger partial charge in [0.1, 0.15) is 28.5 Å². The number of methoxy groups -OCH3 is 1. The minimum atomic E-state index is -3.07. The molecule has 1 aromatic carbocycles. The number of Topliss-reactive ketones (excluding diaryl/α,β-unsaturated/α-hetero) is 1. The number of ketones is 1. The quantitative estimate of drug-likeness (QED) is 0.409. The van der Waals surface area contributed by atoms with Gasteiger partial charge in [0.15, 0.2) is 5.78 Å². The minimum Gasteiger partial charge on any atom is -0.496 e. The van der Waals surface area contributed by atoms with Gasteiger partial charge in [-0.3, -0.25) is 9.20 Å². The molecular weight excluding hydrogens is 456 g/mol. The van der Waals surface area contributed by atoms with Crippen LogP contribution in [0.25, 0.3) is 16.9 Å². The Kier molecular flexibility index (Phi) is 6.86. The number of hydrogen-bond acceptors (Lipinski definition) is 6. The van der Waals surface area contributed by atoms with Crippen LogP contribution in [0.4, 0.5) is 8.78 Å². The summed E-state index contributed by atoms with van der Waals surface area (Å²) in [4.78, 5) is 17.3. The number of carbonyl (C=O) groups is 1. The van der Waals surface area contributed by atoms with Crippen molar-refractivity contribution in [1.29, 1.82) is 0 Å². The lowest BCUT2D eigenvalue weighted by atomic mass is 10.00. The van der Waals surface area contributed by atoms with E-state index in [0.29, 0.717) is 41.8 Å². The molecule has 0 bridgehead atoms. The smallest absolute Gasteiger partial charge is 0.387 e. The summed E-state index contributed by atoms with van der Waals surface area (Å²) in [6, 6.07) is 6.83. The van der Waals surface area contributed by atoms with Crippen LogP contribution in [-0.4, -0.2) is 48.6 Å². The number of halogens is 2. The second kappa shape index (κ2) is 10.2. The summed E-state index contributed by atoms with van der Waals surface area (Å²) in [5.74, 6) is 1.28. The average molecular weight is 486 g/mol. The van der Waals surface area contributed by atoms with E-state index in [4.69, 9.17) is 14.2 Å². The van der Waals surface area contributed by atoms with Gasteiger partial charge in [-0.15, -0.1) is 0 Å². The number of rotatable bonds is 10. The lowest BCUT2D eigenvalue weighted by Crippen LogP contribution is -2.33. The molecule has 2 aliphatic rings. The Morgan fingerprint density at radius 2 is 2.03 bits per heavy atom. The number of aromatic nitrogens is 2. The standard InChI is InChI=1S/C26H29F2N3O4/c1-33-22-10-18(11-23(35-26(27)28)25(22)21(32)9-16-4-5-16)20-14-30-24-12-19(6-8-31(20)24)34-15-17-3-2-7-29-13-17/h6,8,10-12,14,16-17,26,29H,2-5,7,9,13,15H2,1H3/t17-/m0/s1. The number of alkyl halides is 2. The maximum atomic E-state index is 13.2. The highest BCUT2D eigenvalue weighted by atomic mass is 19.3. The number of pyridine rings is 1. The molecule has 1 aliphatic heterocycles. The van der Waals surface area contributed by atoms with Crippen molar-refractivity contribution >= 4 is 11.4 Å². The number of ether oxygens (including phenoxy) is 3. The first kappa shape index (κ1) is 23.5. The molecule has 0 spiro atoms. The predicted octanol–water partition coefficient (Wildman–Crippen LogP) is 4.97. The van der Waals surface area contributed by atoms with E-state index >= 15 is 0 Å². The Bertz CT molecular complexity index is 1200. The van der Waals surface area contributed by atoms with Crippen molar-refractivity contribution in [2.45, 2.75) is 38.7 Å². The number of fused-ring (bicyclic) bond motifs is 1. The van der Waals surface area contributed by atoms with Gasteiger partial charge < -0.3 is 19.5 Å². The second-order valence-electron chi connectivity index (χ2n) is 9.26. The lowest BCUT2D eigenvalue weighted by molar-refractivity contribution is -0.0502. The number of carbonyl (C=O) groups excluding carboxylic acids is 1. The Balaban J connectivity index is 1.44. The molecular formula is C26H29F2N3O4. The summed E-state index contributed by atoms with van der Waals surface area (Å²) in [6.07, 6.45) is 8.03. The number of hydrogen-bond donors (Lipinski definition) is 1. The van der Waals surface area contributed by atoms with Crippen LogP contribution in [0.3, 0.4) is 0 Å². The fraction of sp³-hybridized carbons (Fsp3) is 0.462. The fourth-order valence-electron chi connectivity index (χ4n) is 4.59. The van der Waals surface area contributed by atoms with Crippen LogP contribution in [0.15, 0.2) is 36.7 Å². The molecule has 1 N–H and O–H groups in total. The molecule has 0 amide bonds. The van der Waals surface area contributed by atoms with Crippen LogP contribution in [0.1, 0.15) is 42.5 Å². The van der Waals surface area contributed by atoms with E-state index in [1.807, 2.05) is 22.7 Å². The molecule has 3 heterocycles. The molecule has 9 heteroatoms. The number of benzene rings is 1. The van der Waals surface area contributed by atoms with Gasteiger partial charge >= 0.3 is 6.61 Å². The molecule has 2 fully saturated rings. The molecule has 35 heavy (non-hydrogen) atoms. The summed E-state index contributed by atoms with van der Waals surface area (Å²) >= 11 is 0. The Hall–Kier alpha value is -3.20. The molecule has 7 nitrogen and oxygen atoms in total. The largest absolute Gasteiger partial charge is 0.496 e. The Morgan fingerprint density at radius 1 is 1.20 bits per heavy atom. The van der Waals surface area contributed by atoms with E-state index in [-0.39, 0.29) is 22.8 Å². The number of nitrogens with zero attached hydrogens (tertiary/aromatic N) is 2. The van der Waals surface area contributed by atoms with Gasteiger partial charge in [-0.1, -0.05) is 0 Å². The van der Waals surface area contributed by atoms with Crippen LogP contribution < -0.4 is 19.5 Å². The number of piperidine rings is 1. The molecule has 1 saturated heterocycles. The summed E-state index contributed by atoms with van der Waals surface area (Å²) in [6.45, 7) is -0.411. The molecule has 1 saturated carbocycles. The lowest BCUT2D eigenvalue weighted by Gasteiger charge is -2.22. The fourth-order valence-corrected chi connectivity index (χ4v) is 4.59. The topological polar surface area (TPSA) is 74.1 Å². The third-order valence-electron chi connectivity index (χ3n) is 6.62. The molecule has 2 aromatic heterocycles. The SMILES string of the molecule is COc1cc(-c2cnc3cc(OC[C@H]4CCCNC4)ccn23)cc(OC(F)F)c1C(=O)CC1CC1. The van der Waals surface area contributed by atoms with Gasteiger partial charge in [0.25, 0.3) is 0 Å². The van der Waals surface area contributed by atoms with Gasteiger partial charge in [-0.25, -0.2) is 4.98 Å². The first-order chi connectivity index (χ1) is 17.0. The van der Waals surface area contributed by atoms with E-state index in [9.17, 15) is 13.6 Å². The number of imidazole rings is 1. The number of nitrogens with one attached hydrogen (secondary N) is 1. The average Bonchev–Trinajstić information content (AvgIpc) is 3.57. The van der Waals surface area contributed by atoms with E-state index in [1.165, 1.54) is 13.2 Å². The first-order valence-electron chi connectivity index (χ1n) is 12.0. The van der Waals surface area contributed by atoms with Crippen LogP contribution in [-0.2, 0) is 0 Å². The summed E-state index contributed by atoms with van der Waals surface area (Å²) in [5, 5.41) is 3.39. The predicted molar refractivity (Wildman–Crippen MR) is 127 cm³/mol. The summed E-state index contributed by atoms with van der Waals surface area (Å²) in [5.41, 5.74) is 1.92. The van der Waals surface area contributed by atoms with Crippen molar-refractivity contribution in [3.63, 3.8) is 0 Å². The van der Waals surface area contributed by atoms with Gasteiger partial charge in [0.2, 0.25) is 0 Å². The third-order valence-corrected chi connectivity index (χ3v) is 6.62. The molecule has 0 unspecified atom stereocenters. The van der Waals surface area contributed by atoms with Gasteiger partial charge in [-0.05, 0) is 56.3 Å². The summed E-state index contributed by atoms with van der Waals surface area (Å²) < 4.78 is 44.5. The molecule has 0 radical (unpaired) electrons. The Labute approximate surface area is 202 Å². The highest BCUT2D eigenvalue weighted by Crippen LogP contribution is 2.40. The highest BCUT2D eigenvalue weighted by Gasteiger charge is 2.29. The van der Waals surface area contributed by atoms with E-state index in [2.05, 4.69) is 10.3 Å². The maximum Gasteiger partial charge on any atom is 0.387 e. The summed E-state index contributed by atoms with van der Waals surface area (Å²) in [7, 11) is 1.42. The normalized spacial score (nSPS) is 18.1. The first-order valence-corrected chi connectivity index (χ1v) is 12.0. The van der Waals surface area contributed by atoms with Gasteiger partial charge in [0.05, 0.1) is 25.6 Å². The van der Waals surface area contributed by atoms with Gasteiger partial charge in [-0.2, -0.15) is 8.78 Å². The van der Waals surface area contributed by atoms with Crippen molar-refractivity contribution in [2.75, 3.05) is 26.8 Å². The van der Waals surface area contributed by atoms with E-state index in [1.54, 1.807) is 12.3 Å². The zero-order chi connectivity index (χ0) is 24.4. The molecule has 186 valence electrons. The van der Waals surface area contributed by atoms with Crippen molar-refractivity contribution in [3.05, 3.63) is 42.2 Å². The van der Waals surface area contributed by atoms with Crippen LogP contribution in [0, 0.1) is 11.8 Å². The monoisotopic (exact) mass is 485 g/mol. The van der Waals surface area contributed by atoms with Crippen molar-refractivity contribution in [2.24, 2.45) is 11.8 Å². The van der Waals surface area contributed by atoms with Crippen LogP contribution in [0.2, 0.25) is 0 Å². The van der Waals surface area contributed by atoms with Crippen molar-refractivity contribution in [3.8, 4) is 28.5 Å². The zero-order valence-corrected chi connectivity index (χ0v) is 19.6. The zero-order valence-electron chi connectivity index (χ0n) is 19.6.